The normalized spacial score (nSPS) is 15.8. The lowest BCUT2D eigenvalue weighted by atomic mass is 10.0. The number of carbonyl (C=O) groups excluding carboxylic acids is 1. The van der Waals surface area contributed by atoms with E-state index in [4.69, 9.17) is 0 Å². The summed E-state index contributed by atoms with van der Waals surface area (Å²) in [6.45, 7) is 0.773. The molecule has 1 aliphatic rings. The highest BCUT2D eigenvalue weighted by molar-refractivity contribution is 9.10. The van der Waals surface area contributed by atoms with Crippen molar-refractivity contribution < 1.29 is 4.79 Å². The van der Waals surface area contributed by atoms with Gasteiger partial charge >= 0.3 is 0 Å². The third-order valence-electron chi connectivity index (χ3n) is 3.54. The molecule has 1 saturated carbocycles. The highest BCUT2D eigenvalue weighted by Gasteiger charge is 2.14. The Bertz CT molecular complexity index is 403. The fourth-order valence-corrected chi connectivity index (χ4v) is 2.90. The van der Waals surface area contributed by atoms with Crippen LogP contribution in [0, 0.1) is 5.92 Å². The smallest absolute Gasteiger partial charge is 0.251 e. The second-order valence-electron chi connectivity index (χ2n) is 4.92. The minimum Gasteiger partial charge on any atom is -0.352 e. The van der Waals surface area contributed by atoms with Crippen molar-refractivity contribution >= 4 is 21.8 Å². The molecule has 1 amide bonds. The molecule has 1 N–H and O–H groups in total. The number of hydrogen-bond donors (Lipinski definition) is 1. The molecule has 18 heavy (non-hydrogen) atoms. The molecule has 0 unspecified atom stereocenters. The molecule has 2 rings (SSSR count). The fourth-order valence-electron chi connectivity index (χ4n) is 2.54. The van der Waals surface area contributed by atoms with E-state index in [1.165, 1.54) is 32.1 Å². The Hall–Kier alpha value is -0.900. The summed E-state index contributed by atoms with van der Waals surface area (Å²) >= 11 is 3.27. The molecular weight excluding hydrogens is 292 g/mol. The molecule has 1 aromatic rings. The average molecular weight is 311 g/mol. The summed E-state index contributed by atoms with van der Waals surface area (Å²) in [5.41, 5.74) is 0.665. The van der Waals surface area contributed by atoms with Gasteiger partial charge in [-0.1, -0.05) is 25.7 Å². The first-order valence-electron chi connectivity index (χ1n) is 6.65. The summed E-state index contributed by atoms with van der Waals surface area (Å²) in [7, 11) is 0. The zero-order valence-corrected chi connectivity index (χ0v) is 12.1. The number of nitrogens with zero attached hydrogens (tertiary/aromatic N) is 1. The zero-order valence-electron chi connectivity index (χ0n) is 10.5. The van der Waals surface area contributed by atoms with Gasteiger partial charge in [-0.05, 0) is 46.8 Å². The monoisotopic (exact) mass is 310 g/mol. The van der Waals surface area contributed by atoms with E-state index in [1.807, 2.05) is 0 Å². The molecule has 1 aromatic heterocycles. The van der Waals surface area contributed by atoms with Crippen molar-refractivity contribution in [3.05, 3.63) is 28.5 Å². The number of rotatable bonds is 5. The lowest BCUT2D eigenvalue weighted by molar-refractivity contribution is 0.0952. The molecule has 98 valence electrons. The van der Waals surface area contributed by atoms with Gasteiger partial charge in [-0.3, -0.25) is 4.79 Å². The van der Waals surface area contributed by atoms with E-state index >= 15 is 0 Å². The van der Waals surface area contributed by atoms with Gasteiger partial charge in [0, 0.05) is 18.3 Å². The van der Waals surface area contributed by atoms with E-state index in [0.717, 1.165) is 18.9 Å². The second kappa shape index (κ2) is 6.88. The molecule has 0 aliphatic heterocycles. The van der Waals surface area contributed by atoms with Crippen molar-refractivity contribution in [3.63, 3.8) is 0 Å². The van der Waals surface area contributed by atoms with Crippen molar-refractivity contribution in [1.29, 1.82) is 0 Å². The number of hydrogen-bond acceptors (Lipinski definition) is 2. The minimum absolute atomic E-state index is 0.00970. The first kappa shape index (κ1) is 13.5. The molecule has 0 aromatic carbocycles. The van der Waals surface area contributed by atoms with Crippen molar-refractivity contribution in [2.75, 3.05) is 6.54 Å². The highest BCUT2D eigenvalue weighted by Crippen LogP contribution is 2.28. The Morgan fingerprint density at radius 1 is 1.44 bits per heavy atom. The van der Waals surface area contributed by atoms with Crippen LogP contribution in [0.2, 0.25) is 0 Å². The van der Waals surface area contributed by atoms with Crippen LogP contribution in [0.15, 0.2) is 22.9 Å². The molecule has 1 aliphatic carbocycles. The van der Waals surface area contributed by atoms with Gasteiger partial charge in [0.2, 0.25) is 0 Å². The maximum atomic E-state index is 11.8. The molecule has 0 spiro atoms. The van der Waals surface area contributed by atoms with E-state index in [-0.39, 0.29) is 5.91 Å². The number of nitrogens with one attached hydrogen (secondary N) is 1. The first-order chi connectivity index (χ1) is 8.75. The lowest BCUT2D eigenvalue weighted by Gasteiger charge is -2.09. The van der Waals surface area contributed by atoms with Crippen molar-refractivity contribution in [1.82, 2.24) is 10.3 Å². The van der Waals surface area contributed by atoms with Crippen LogP contribution in [-0.2, 0) is 0 Å². The van der Waals surface area contributed by atoms with E-state index in [9.17, 15) is 4.79 Å². The topological polar surface area (TPSA) is 42.0 Å². The van der Waals surface area contributed by atoms with Crippen molar-refractivity contribution in [3.8, 4) is 0 Å². The Kier molecular flexibility index (Phi) is 5.17. The maximum absolute atomic E-state index is 11.8. The second-order valence-corrected chi connectivity index (χ2v) is 5.73. The van der Waals surface area contributed by atoms with Gasteiger partial charge in [0.15, 0.2) is 0 Å². The van der Waals surface area contributed by atoms with Crippen LogP contribution in [0.3, 0.4) is 0 Å². The summed E-state index contributed by atoms with van der Waals surface area (Å²) in [6, 6.07) is 3.48. The van der Waals surface area contributed by atoms with Crippen LogP contribution >= 0.6 is 15.9 Å². The van der Waals surface area contributed by atoms with Crippen molar-refractivity contribution in [2.45, 2.75) is 38.5 Å². The van der Waals surface area contributed by atoms with Crippen LogP contribution < -0.4 is 5.32 Å². The molecule has 1 fully saturated rings. The Morgan fingerprint density at radius 2 is 2.22 bits per heavy atom. The quantitative estimate of drug-likeness (QED) is 0.667. The number of amides is 1. The minimum atomic E-state index is -0.00970. The van der Waals surface area contributed by atoms with E-state index in [1.54, 1.807) is 18.3 Å². The Labute approximate surface area is 117 Å². The molecule has 0 bridgehead atoms. The predicted octanol–water partition coefficient (Wildman–Crippen LogP) is 3.54. The first-order valence-corrected chi connectivity index (χ1v) is 7.45. The summed E-state index contributed by atoms with van der Waals surface area (Å²) in [5, 5.41) is 2.96. The van der Waals surface area contributed by atoms with E-state index < -0.39 is 0 Å². The van der Waals surface area contributed by atoms with Gasteiger partial charge in [0.1, 0.15) is 4.60 Å². The molecular formula is C14H19BrN2O. The fraction of sp³-hybridized carbons (Fsp3) is 0.571. The molecule has 1 heterocycles. The average Bonchev–Trinajstić information content (AvgIpc) is 2.87. The van der Waals surface area contributed by atoms with Crippen LogP contribution in [-0.4, -0.2) is 17.4 Å². The van der Waals surface area contributed by atoms with Gasteiger partial charge in [-0.25, -0.2) is 4.98 Å². The van der Waals surface area contributed by atoms with Crippen LogP contribution in [0.5, 0.6) is 0 Å². The van der Waals surface area contributed by atoms with Crippen LogP contribution in [0.1, 0.15) is 48.9 Å². The van der Waals surface area contributed by atoms with Gasteiger partial charge in [-0.15, -0.1) is 0 Å². The molecule has 3 nitrogen and oxygen atoms in total. The molecule has 0 saturated heterocycles. The summed E-state index contributed by atoms with van der Waals surface area (Å²) in [6.07, 6.45) is 9.52. The van der Waals surface area contributed by atoms with Gasteiger partial charge in [-0.2, -0.15) is 0 Å². The van der Waals surface area contributed by atoms with Gasteiger partial charge in [0.05, 0.1) is 0 Å². The third-order valence-corrected chi connectivity index (χ3v) is 3.97. The van der Waals surface area contributed by atoms with E-state index in [0.29, 0.717) is 10.2 Å². The Morgan fingerprint density at radius 3 is 2.94 bits per heavy atom. The van der Waals surface area contributed by atoms with Gasteiger partial charge in [0.25, 0.3) is 5.91 Å². The number of carbonyl (C=O) groups is 1. The maximum Gasteiger partial charge on any atom is 0.251 e. The lowest BCUT2D eigenvalue weighted by Crippen LogP contribution is -2.24. The summed E-state index contributed by atoms with van der Waals surface area (Å²) in [5.74, 6) is 0.890. The number of aromatic nitrogens is 1. The largest absolute Gasteiger partial charge is 0.352 e. The number of halogens is 1. The molecule has 4 heteroatoms. The number of pyridine rings is 1. The van der Waals surface area contributed by atoms with Gasteiger partial charge < -0.3 is 5.32 Å². The summed E-state index contributed by atoms with van der Waals surface area (Å²) < 4.78 is 0.695. The predicted molar refractivity (Wildman–Crippen MR) is 75.5 cm³/mol. The van der Waals surface area contributed by atoms with E-state index in [2.05, 4.69) is 26.2 Å². The Balaban J connectivity index is 1.68. The summed E-state index contributed by atoms with van der Waals surface area (Å²) in [4.78, 5) is 15.8. The van der Waals surface area contributed by atoms with Crippen molar-refractivity contribution in [2.24, 2.45) is 5.92 Å². The van der Waals surface area contributed by atoms with Crippen LogP contribution in [0.25, 0.3) is 0 Å². The highest BCUT2D eigenvalue weighted by atomic mass is 79.9. The third kappa shape index (κ3) is 4.09. The van der Waals surface area contributed by atoms with Crippen LogP contribution in [0.4, 0.5) is 0 Å². The molecule has 0 radical (unpaired) electrons. The standard InChI is InChI=1S/C14H19BrN2O/c15-13-10-12(7-9-16-13)14(18)17-8-3-6-11-4-1-2-5-11/h7,9-11H,1-6,8H2,(H,17,18). The molecule has 0 atom stereocenters. The zero-order chi connectivity index (χ0) is 12.8. The SMILES string of the molecule is O=C(NCCCC1CCCC1)c1ccnc(Br)c1.